The molecule has 1 aromatic rings. The molecule has 0 N–H and O–H groups in total. The lowest BCUT2D eigenvalue weighted by molar-refractivity contribution is 0.966. The van der Waals surface area contributed by atoms with Crippen LogP contribution in [-0.2, 0) is 6.42 Å². The highest BCUT2D eigenvalue weighted by Crippen LogP contribution is 1.99. The van der Waals surface area contributed by atoms with Crippen LogP contribution in [0.3, 0.4) is 0 Å². The van der Waals surface area contributed by atoms with Gasteiger partial charge >= 0.3 is 0 Å². The third kappa shape index (κ3) is 3.33. The third-order valence-corrected chi connectivity index (χ3v) is 1.67. The van der Waals surface area contributed by atoms with E-state index in [2.05, 4.69) is 29.3 Å². The molecule has 0 spiro atoms. The quantitative estimate of drug-likeness (QED) is 0.604. The minimum Gasteiger partial charge on any atom is -0.294 e. The Morgan fingerprint density at radius 1 is 1.17 bits per heavy atom. The molecule has 0 aliphatic rings. The zero-order valence-electron chi connectivity index (χ0n) is 7.75. The summed E-state index contributed by atoms with van der Waals surface area (Å²) < 4.78 is 0. The van der Waals surface area contributed by atoms with Gasteiger partial charge in [0.05, 0.1) is 0 Å². The second kappa shape index (κ2) is 4.70. The predicted molar refractivity (Wildman–Crippen MR) is 53.8 cm³/mol. The van der Waals surface area contributed by atoms with Crippen molar-refractivity contribution in [1.82, 2.24) is 0 Å². The van der Waals surface area contributed by atoms with Gasteiger partial charge in [-0.2, -0.15) is 0 Å². The van der Waals surface area contributed by atoms with Gasteiger partial charge in [-0.3, -0.25) is 4.99 Å². The van der Waals surface area contributed by atoms with Crippen molar-refractivity contribution in [2.75, 3.05) is 6.54 Å². The predicted octanol–water partition coefficient (Wildman–Crippen LogP) is 2.71. The molecular formula is C11H15N. The number of rotatable bonds is 3. The summed E-state index contributed by atoms with van der Waals surface area (Å²) >= 11 is 0. The highest BCUT2D eigenvalue weighted by Gasteiger charge is 1.88. The van der Waals surface area contributed by atoms with E-state index in [0.29, 0.717) is 0 Å². The lowest BCUT2D eigenvalue weighted by atomic mass is 10.1. The molecule has 1 heteroatoms. The monoisotopic (exact) mass is 161 g/mol. The van der Waals surface area contributed by atoms with E-state index in [9.17, 15) is 0 Å². The topological polar surface area (TPSA) is 12.4 Å². The maximum atomic E-state index is 4.34. The van der Waals surface area contributed by atoms with Crippen LogP contribution < -0.4 is 0 Å². The van der Waals surface area contributed by atoms with Crippen molar-refractivity contribution in [3.63, 3.8) is 0 Å². The smallest absolute Gasteiger partial charge is 0.0428 e. The first kappa shape index (κ1) is 8.98. The van der Waals surface area contributed by atoms with Crippen molar-refractivity contribution >= 4 is 5.71 Å². The average molecular weight is 161 g/mol. The van der Waals surface area contributed by atoms with E-state index in [-0.39, 0.29) is 0 Å². The average Bonchev–Trinajstić information content (AvgIpc) is 2.05. The lowest BCUT2D eigenvalue weighted by Gasteiger charge is -1.96. The molecule has 1 aromatic carbocycles. The van der Waals surface area contributed by atoms with Crippen molar-refractivity contribution in [3.8, 4) is 0 Å². The van der Waals surface area contributed by atoms with Gasteiger partial charge in [0, 0.05) is 12.3 Å². The Balaban J connectivity index is 2.39. The molecule has 0 saturated carbocycles. The normalized spacial score (nSPS) is 9.50. The van der Waals surface area contributed by atoms with E-state index in [1.54, 1.807) is 0 Å². The van der Waals surface area contributed by atoms with Crippen LogP contribution in [0, 0.1) is 0 Å². The molecule has 0 aliphatic carbocycles. The molecule has 0 amide bonds. The number of aliphatic imine (C=N–C) groups is 1. The molecule has 0 saturated heterocycles. The summed E-state index contributed by atoms with van der Waals surface area (Å²) in [5.74, 6) is 0. The maximum absolute atomic E-state index is 4.34. The van der Waals surface area contributed by atoms with Crippen LogP contribution in [0.15, 0.2) is 35.3 Å². The summed E-state index contributed by atoms with van der Waals surface area (Å²) in [5.41, 5.74) is 2.52. The van der Waals surface area contributed by atoms with Crippen molar-refractivity contribution in [3.05, 3.63) is 35.9 Å². The van der Waals surface area contributed by atoms with Gasteiger partial charge in [-0.25, -0.2) is 0 Å². The van der Waals surface area contributed by atoms with E-state index in [4.69, 9.17) is 0 Å². The molecule has 0 unspecified atom stereocenters. The fraction of sp³-hybridized carbons (Fsp3) is 0.364. The van der Waals surface area contributed by atoms with Crippen molar-refractivity contribution in [2.24, 2.45) is 4.99 Å². The molecule has 0 aliphatic heterocycles. The van der Waals surface area contributed by atoms with Gasteiger partial charge in [0.15, 0.2) is 0 Å². The van der Waals surface area contributed by atoms with Crippen LogP contribution in [0.2, 0.25) is 0 Å². The second-order valence-corrected chi connectivity index (χ2v) is 3.06. The van der Waals surface area contributed by atoms with Crippen LogP contribution in [0.4, 0.5) is 0 Å². The maximum Gasteiger partial charge on any atom is 0.0428 e. The number of benzene rings is 1. The molecular weight excluding hydrogens is 146 g/mol. The Kier molecular flexibility index (Phi) is 3.52. The fourth-order valence-corrected chi connectivity index (χ4v) is 1.05. The van der Waals surface area contributed by atoms with Crippen LogP contribution in [0.25, 0.3) is 0 Å². The van der Waals surface area contributed by atoms with Crippen LogP contribution in [0.1, 0.15) is 19.4 Å². The Morgan fingerprint density at radius 3 is 2.42 bits per heavy atom. The minimum absolute atomic E-state index is 0.909. The first-order chi connectivity index (χ1) is 5.79. The molecule has 1 nitrogen and oxygen atoms in total. The largest absolute Gasteiger partial charge is 0.294 e. The molecule has 0 radical (unpaired) electrons. The van der Waals surface area contributed by atoms with Gasteiger partial charge in [-0.05, 0) is 25.8 Å². The lowest BCUT2D eigenvalue weighted by Crippen LogP contribution is -1.91. The zero-order chi connectivity index (χ0) is 8.81. The third-order valence-electron chi connectivity index (χ3n) is 1.67. The summed E-state index contributed by atoms with van der Waals surface area (Å²) in [6.07, 6.45) is 1.05. The molecule has 0 bridgehead atoms. The van der Waals surface area contributed by atoms with Gasteiger partial charge in [-0.1, -0.05) is 30.3 Å². The van der Waals surface area contributed by atoms with Crippen LogP contribution >= 0.6 is 0 Å². The first-order valence-corrected chi connectivity index (χ1v) is 4.30. The van der Waals surface area contributed by atoms with Gasteiger partial charge < -0.3 is 0 Å². The Hall–Kier alpha value is -1.11. The van der Waals surface area contributed by atoms with Gasteiger partial charge in [0.1, 0.15) is 0 Å². The highest BCUT2D eigenvalue weighted by atomic mass is 14.7. The molecule has 64 valence electrons. The Bertz CT molecular complexity index is 245. The Morgan fingerprint density at radius 2 is 1.83 bits per heavy atom. The van der Waals surface area contributed by atoms with Gasteiger partial charge in [0.25, 0.3) is 0 Å². The van der Waals surface area contributed by atoms with E-state index in [1.165, 1.54) is 5.56 Å². The van der Waals surface area contributed by atoms with E-state index >= 15 is 0 Å². The second-order valence-electron chi connectivity index (χ2n) is 3.06. The van der Waals surface area contributed by atoms with Gasteiger partial charge in [-0.15, -0.1) is 0 Å². The van der Waals surface area contributed by atoms with Crippen molar-refractivity contribution < 1.29 is 0 Å². The van der Waals surface area contributed by atoms with E-state index < -0.39 is 0 Å². The van der Waals surface area contributed by atoms with Crippen molar-refractivity contribution in [1.29, 1.82) is 0 Å². The SMILES string of the molecule is CC(C)=NCCc1ccccc1. The van der Waals surface area contributed by atoms with E-state index in [1.807, 2.05) is 19.9 Å². The van der Waals surface area contributed by atoms with Gasteiger partial charge in [0.2, 0.25) is 0 Å². The van der Waals surface area contributed by atoms with Crippen molar-refractivity contribution in [2.45, 2.75) is 20.3 Å². The molecule has 0 fully saturated rings. The summed E-state index contributed by atoms with van der Waals surface area (Å²) in [6.45, 7) is 4.97. The summed E-state index contributed by atoms with van der Waals surface area (Å²) in [4.78, 5) is 4.34. The molecule has 1 rings (SSSR count). The summed E-state index contributed by atoms with van der Waals surface area (Å²) in [6, 6.07) is 10.5. The first-order valence-electron chi connectivity index (χ1n) is 4.30. The molecule has 0 aromatic heterocycles. The van der Waals surface area contributed by atoms with Crippen LogP contribution in [-0.4, -0.2) is 12.3 Å². The number of hydrogen-bond donors (Lipinski definition) is 0. The zero-order valence-corrected chi connectivity index (χ0v) is 7.75. The van der Waals surface area contributed by atoms with E-state index in [0.717, 1.165) is 18.7 Å². The molecule has 0 heterocycles. The number of hydrogen-bond acceptors (Lipinski definition) is 1. The minimum atomic E-state index is 0.909. The fourth-order valence-electron chi connectivity index (χ4n) is 1.05. The summed E-state index contributed by atoms with van der Waals surface area (Å²) in [5, 5.41) is 0. The standard InChI is InChI=1S/C11H15N/c1-10(2)12-9-8-11-6-4-3-5-7-11/h3-7H,8-9H2,1-2H3. The molecule has 0 atom stereocenters. The Labute approximate surface area is 74.2 Å². The summed E-state index contributed by atoms with van der Waals surface area (Å²) in [7, 11) is 0. The highest BCUT2D eigenvalue weighted by molar-refractivity contribution is 5.79. The molecule has 12 heavy (non-hydrogen) atoms. The van der Waals surface area contributed by atoms with Crippen LogP contribution in [0.5, 0.6) is 0 Å². The number of nitrogens with zero attached hydrogens (tertiary/aromatic N) is 1.